The van der Waals surface area contributed by atoms with Gasteiger partial charge >= 0.3 is 5.97 Å². The summed E-state index contributed by atoms with van der Waals surface area (Å²) in [4.78, 5) is 11.6. The Hall–Kier alpha value is -0.990. The molecule has 0 amide bonds. The van der Waals surface area contributed by atoms with Gasteiger partial charge in [0.1, 0.15) is 0 Å². The van der Waals surface area contributed by atoms with E-state index in [9.17, 15) is 4.79 Å². The zero-order valence-electron chi connectivity index (χ0n) is 9.06. The van der Waals surface area contributed by atoms with Crippen LogP contribution in [0.2, 0.25) is 0 Å². The van der Waals surface area contributed by atoms with Gasteiger partial charge < -0.3 is 10.1 Å². The number of ether oxygens (including phenoxy) is 1. The highest BCUT2D eigenvalue weighted by Crippen LogP contribution is 2.17. The lowest BCUT2D eigenvalue weighted by molar-refractivity contribution is -0.138. The van der Waals surface area contributed by atoms with Crippen molar-refractivity contribution in [2.75, 3.05) is 13.2 Å². The molecule has 1 heterocycles. The minimum Gasteiger partial charge on any atom is -0.463 e. The van der Waals surface area contributed by atoms with E-state index < -0.39 is 0 Å². The van der Waals surface area contributed by atoms with Gasteiger partial charge in [0.15, 0.2) is 0 Å². The molecule has 0 spiro atoms. The minimum absolute atomic E-state index is 0.153. The molecule has 0 aromatic heterocycles. The summed E-state index contributed by atoms with van der Waals surface area (Å²) in [6.45, 7) is 5.27. The predicted octanol–water partition coefficient (Wildman–Crippen LogP) is 1.99. The number of rotatable bonds is 3. The van der Waals surface area contributed by atoms with Crippen molar-refractivity contribution < 1.29 is 9.53 Å². The Morgan fingerprint density at radius 1 is 1.43 bits per heavy atom. The number of nitrogens with one attached hydrogen (secondary N) is 1. The lowest BCUT2D eigenvalue weighted by Crippen LogP contribution is -2.24. The molecule has 1 N–H and O–H groups in total. The molecule has 1 saturated heterocycles. The van der Waals surface area contributed by atoms with Gasteiger partial charge in [0.05, 0.1) is 12.2 Å². The van der Waals surface area contributed by atoms with Crippen LogP contribution in [0.25, 0.3) is 0 Å². The van der Waals surface area contributed by atoms with Crippen LogP contribution in [0.3, 0.4) is 0 Å². The molecule has 1 fully saturated rings. The summed E-state index contributed by atoms with van der Waals surface area (Å²) in [6, 6.07) is 0. The van der Waals surface area contributed by atoms with Crippen molar-refractivity contribution in [3.05, 3.63) is 11.3 Å². The van der Waals surface area contributed by atoms with E-state index >= 15 is 0 Å². The lowest BCUT2D eigenvalue weighted by atomic mass is 10.0. The fourth-order valence-electron chi connectivity index (χ4n) is 1.71. The quantitative estimate of drug-likeness (QED) is 0.555. The van der Waals surface area contributed by atoms with Gasteiger partial charge in [0, 0.05) is 12.2 Å². The SMILES string of the molecule is CCOC(=O)/C(CC)=C1/CCCCN1. The summed E-state index contributed by atoms with van der Waals surface area (Å²) in [7, 11) is 0. The van der Waals surface area contributed by atoms with Gasteiger partial charge in [-0.05, 0) is 32.6 Å². The Balaban J connectivity index is 2.70. The molecular formula is C11H19NO2. The summed E-state index contributed by atoms with van der Waals surface area (Å²) in [6.07, 6.45) is 4.11. The molecule has 0 atom stereocenters. The number of hydrogen-bond acceptors (Lipinski definition) is 3. The highest BCUT2D eigenvalue weighted by Gasteiger charge is 2.16. The third-order valence-electron chi connectivity index (χ3n) is 2.43. The second-order valence-corrected chi connectivity index (χ2v) is 3.42. The largest absolute Gasteiger partial charge is 0.463 e. The van der Waals surface area contributed by atoms with Gasteiger partial charge in [0.25, 0.3) is 0 Å². The molecule has 0 aromatic rings. The molecule has 0 bridgehead atoms. The van der Waals surface area contributed by atoms with E-state index in [0.717, 1.165) is 30.7 Å². The van der Waals surface area contributed by atoms with Crippen LogP contribution in [0.4, 0.5) is 0 Å². The first kappa shape index (κ1) is 11.1. The molecule has 0 unspecified atom stereocenters. The van der Waals surface area contributed by atoms with Crippen LogP contribution < -0.4 is 5.32 Å². The van der Waals surface area contributed by atoms with Crippen LogP contribution in [0.15, 0.2) is 11.3 Å². The molecule has 1 aliphatic heterocycles. The molecule has 3 heteroatoms. The number of hydrogen-bond donors (Lipinski definition) is 1. The first-order chi connectivity index (χ1) is 6.79. The van der Waals surface area contributed by atoms with Gasteiger partial charge in [-0.25, -0.2) is 4.79 Å². The predicted molar refractivity (Wildman–Crippen MR) is 55.8 cm³/mol. The molecular weight excluding hydrogens is 178 g/mol. The number of carbonyl (C=O) groups is 1. The summed E-state index contributed by atoms with van der Waals surface area (Å²) in [5.74, 6) is -0.153. The number of allylic oxidation sites excluding steroid dienone is 1. The molecule has 1 rings (SSSR count). The molecule has 1 aliphatic rings. The summed E-state index contributed by atoms with van der Waals surface area (Å²) in [5.41, 5.74) is 1.92. The van der Waals surface area contributed by atoms with E-state index in [2.05, 4.69) is 5.32 Å². The summed E-state index contributed by atoms with van der Waals surface area (Å²) in [5, 5.41) is 3.29. The first-order valence-electron chi connectivity index (χ1n) is 5.42. The smallest absolute Gasteiger partial charge is 0.335 e. The lowest BCUT2D eigenvalue weighted by Gasteiger charge is -2.19. The Bertz CT molecular complexity index is 225. The minimum atomic E-state index is -0.153. The average molecular weight is 197 g/mol. The molecule has 14 heavy (non-hydrogen) atoms. The molecule has 0 aromatic carbocycles. The maximum atomic E-state index is 11.6. The van der Waals surface area contributed by atoms with Gasteiger partial charge in [-0.3, -0.25) is 0 Å². The van der Waals surface area contributed by atoms with Crippen LogP contribution in [-0.4, -0.2) is 19.1 Å². The van der Waals surface area contributed by atoms with Crippen LogP contribution in [0.5, 0.6) is 0 Å². The third kappa shape index (κ3) is 2.76. The van der Waals surface area contributed by atoms with E-state index in [1.54, 1.807) is 0 Å². The van der Waals surface area contributed by atoms with E-state index in [-0.39, 0.29) is 5.97 Å². The Kier molecular flexibility index (Phi) is 4.50. The van der Waals surface area contributed by atoms with E-state index in [4.69, 9.17) is 4.74 Å². The van der Waals surface area contributed by atoms with Gasteiger partial charge in [-0.2, -0.15) is 0 Å². The van der Waals surface area contributed by atoms with Crippen molar-refractivity contribution in [3.8, 4) is 0 Å². The summed E-state index contributed by atoms with van der Waals surface area (Å²) < 4.78 is 5.01. The fourth-order valence-corrected chi connectivity index (χ4v) is 1.71. The second kappa shape index (κ2) is 5.68. The highest BCUT2D eigenvalue weighted by atomic mass is 16.5. The molecule has 0 radical (unpaired) electrons. The molecule has 3 nitrogen and oxygen atoms in total. The molecule has 0 aliphatic carbocycles. The fraction of sp³-hybridized carbons (Fsp3) is 0.727. The number of carbonyl (C=O) groups excluding carboxylic acids is 1. The van der Waals surface area contributed by atoms with Crippen molar-refractivity contribution in [1.82, 2.24) is 5.32 Å². The maximum Gasteiger partial charge on any atom is 0.335 e. The monoisotopic (exact) mass is 197 g/mol. The Morgan fingerprint density at radius 2 is 2.21 bits per heavy atom. The van der Waals surface area contributed by atoms with E-state index in [0.29, 0.717) is 6.61 Å². The zero-order valence-corrected chi connectivity index (χ0v) is 9.06. The Morgan fingerprint density at radius 3 is 2.71 bits per heavy atom. The second-order valence-electron chi connectivity index (χ2n) is 3.42. The van der Waals surface area contributed by atoms with Crippen molar-refractivity contribution in [1.29, 1.82) is 0 Å². The molecule has 80 valence electrons. The van der Waals surface area contributed by atoms with Crippen LogP contribution >= 0.6 is 0 Å². The standard InChI is InChI=1S/C11H19NO2/c1-3-9(11(13)14-4-2)10-7-5-6-8-12-10/h12H,3-8H2,1-2H3/b10-9-. The zero-order chi connectivity index (χ0) is 10.4. The summed E-state index contributed by atoms with van der Waals surface area (Å²) >= 11 is 0. The van der Waals surface area contributed by atoms with Crippen LogP contribution in [0.1, 0.15) is 39.5 Å². The van der Waals surface area contributed by atoms with Crippen molar-refractivity contribution >= 4 is 5.97 Å². The van der Waals surface area contributed by atoms with Crippen LogP contribution in [-0.2, 0) is 9.53 Å². The van der Waals surface area contributed by atoms with Gasteiger partial charge in [-0.1, -0.05) is 6.92 Å². The van der Waals surface area contributed by atoms with Crippen molar-refractivity contribution in [2.24, 2.45) is 0 Å². The molecule has 0 saturated carbocycles. The number of piperidine rings is 1. The van der Waals surface area contributed by atoms with Crippen LogP contribution in [0, 0.1) is 0 Å². The van der Waals surface area contributed by atoms with Crippen molar-refractivity contribution in [3.63, 3.8) is 0 Å². The van der Waals surface area contributed by atoms with Crippen molar-refractivity contribution in [2.45, 2.75) is 39.5 Å². The van der Waals surface area contributed by atoms with Gasteiger partial charge in [0.2, 0.25) is 0 Å². The normalized spacial score (nSPS) is 19.9. The van der Waals surface area contributed by atoms with Gasteiger partial charge in [-0.15, -0.1) is 0 Å². The maximum absolute atomic E-state index is 11.6. The van der Waals surface area contributed by atoms with E-state index in [1.165, 1.54) is 12.8 Å². The number of esters is 1. The highest BCUT2D eigenvalue weighted by molar-refractivity contribution is 5.89. The topological polar surface area (TPSA) is 38.3 Å². The first-order valence-corrected chi connectivity index (χ1v) is 5.42. The average Bonchev–Trinajstić information content (AvgIpc) is 2.21. The van der Waals surface area contributed by atoms with E-state index in [1.807, 2.05) is 13.8 Å². The third-order valence-corrected chi connectivity index (χ3v) is 2.43. The Labute approximate surface area is 85.5 Å².